The minimum absolute atomic E-state index is 0.201. The van der Waals surface area contributed by atoms with Crippen molar-refractivity contribution in [2.45, 2.75) is 26.3 Å². The summed E-state index contributed by atoms with van der Waals surface area (Å²) in [6, 6.07) is 12.8. The normalized spacial score (nSPS) is 16.0. The number of nitrogens with one attached hydrogen (secondary N) is 2. The Morgan fingerprint density at radius 1 is 1.26 bits per heavy atom. The molecule has 1 aliphatic rings. The second-order valence-corrected chi connectivity index (χ2v) is 9.46. The Hall–Kier alpha value is -3.43. The standard InChI is InChI=1S/C25H26N4O4S/c1-16-23(24(31)28-25-27-19-8-2-3-9-21(19)34-25)20(26-13-17-6-4-10-32-15-17)12-22(30)29(16)14-18-7-5-11-33-18/h2-3,5,7-9,11-12,17,26H,4,6,10,13-15H2,1H3,(H,27,28,31). The van der Waals surface area contributed by atoms with Crippen molar-refractivity contribution in [2.75, 3.05) is 30.4 Å². The second kappa shape index (κ2) is 9.82. The maximum atomic E-state index is 13.5. The van der Waals surface area contributed by atoms with Gasteiger partial charge in [0, 0.05) is 24.9 Å². The molecule has 1 saturated heterocycles. The number of para-hydroxylation sites is 1. The zero-order valence-corrected chi connectivity index (χ0v) is 19.7. The third kappa shape index (κ3) is 4.76. The van der Waals surface area contributed by atoms with Crippen LogP contribution in [0.15, 0.2) is 57.9 Å². The molecule has 4 aromatic rings. The zero-order valence-electron chi connectivity index (χ0n) is 18.9. The maximum absolute atomic E-state index is 13.5. The van der Waals surface area contributed by atoms with Gasteiger partial charge in [-0.05, 0) is 49.9 Å². The lowest BCUT2D eigenvalue weighted by molar-refractivity contribution is 0.0595. The van der Waals surface area contributed by atoms with Gasteiger partial charge in [-0.25, -0.2) is 4.98 Å². The number of carbonyl (C=O) groups is 1. The molecule has 34 heavy (non-hydrogen) atoms. The van der Waals surface area contributed by atoms with Crippen LogP contribution >= 0.6 is 11.3 Å². The van der Waals surface area contributed by atoms with Crippen LogP contribution in [0.2, 0.25) is 0 Å². The number of hydrogen-bond donors (Lipinski definition) is 2. The number of fused-ring (bicyclic) bond motifs is 1. The van der Waals surface area contributed by atoms with E-state index in [9.17, 15) is 9.59 Å². The van der Waals surface area contributed by atoms with E-state index in [0.29, 0.717) is 46.9 Å². The van der Waals surface area contributed by atoms with Crippen molar-refractivity contribution in [3.05, 3.63) is 76.1 Å². The fourth-order valence-corrected chi connectivity index (χ4v) is 5.12. The van der Waals surface area contributed by atoms with Gasteiger partial charge in [-0.3, -0.25) is 14.9 Å². The van der Waals surface area contributed by atoms with Crippen LogP contribution in [0.1, 0.15) is 34.7 Å². The van der Waals surface area contributed by atoms with E-state index in [1.807, 2.05) is 30.3 Å². The fourth-order valence-electron chi connectivity index (χ4n) is 4.26. The summed E-state index contributed by atoms with van der Waals surface area (Å²) < 4.78 is 13.6. The first kappa shape index (κ1) is 22.4. The van der Waals surface area contributed by atoms with Crippen molar-refractivity contribution < 1.29 is 13.9 Å². The molecular weight excluding hydrogens is 452 g/mol. The number of benzene rings is 1. The molecule has 0 aliphatic carbocycles. The van der Waals surface area contributed by atoms with E-state index >= 15 is 0 Å². The number of amides is 1. The number of nitrogens with zero attached hydrogens (tertiary/aromatic N) is 2. The van der Waals surface area contributed by atoms with Gasteiger partial charge in [0.25, 0.3) is 11.5 Å². The molecule has 176 valence electrons. The number of ether oxygens (including phenoxy) is 1. The van der Waals surface area contributed by atoms with E-state index in [0.717, 1.165) is 29.7 Å². The Morgan fingerprint density at radius 3 is 2.91 bits per heavy atom. The van der Waals surface area contributed by atoms with Gasteiger partial charge < -0.3 is 19.0 Å². The van der Waals surface area contributed by atoms with Crippen LogP contribution in [0.4, 0.5) is 10.8 Å². The number of thiazole rings is 1. The Kier molecular flexibility index (Phi) is 6.46. The first-order valence-corrected chi connectivity index (χ1v) is 12.2. The topological polar surface area (TPSA) is 98.4 Å². The van der Waals surface area contributed by atoms with Crippen LogP contribution in [0, 0.1) is 12.8 Å². The van der Waals surface area contributed by atoms with Crippen molar-refractivity contribution in [1.82, 2.24) is 9.55 Å². The van der Waals surface area contributed by atoms with Gasteiger partial charge >= 0.3 is 0 Å². The van der Waals surface area contributed by atoms with Crippen LogP contribution in [0.25, 0.3) is 10.2 Å². The van der Waals surface area contributed by atoms with Crippen LogP contribution < -0.4 is 16.2 Å². The summed E-state index contributed by atoms with van der Waals surface area (Å²) in [6.45, 7) is 4.12. The summed E-state index contributed by atoms with van der Waals surface area (Å²) in [4.78, 5) is 31.0. The highest BCUT2D eigenvalue weighted by Crippen LogP contribution is 2.27. The van der Waals surface area contributed by atoms with E-state index in [2.05, 4.69) is 15.6 Å². The first-order valence-electron chi connectivity index (χ1n) is 11.3. The molecule has 8 nitrogen and oxygen atoms in total. The Morgan fingerprint density at radius 2 is 2.15 bits per heavy atom. The van der Waals surface area contributed by atoms with E-state index in [4.69, 9.17) is 9.15 Å². The molecule has 9 heteroatoms. The molecule has 0 radical (unpaired) electrons. The lowest BCUT2D eigenvalue weighted by Gasteiger charge is -2.24. The minimum atomic E-state index is -0.313. The van der Waals surface area contributed by atoms with E-state index in [-0.39, 0.29) is 18.0 Å². The quantitative estimate of drug-likeness (QED) is 0.406. The molecular formula is C25H26N4O4S. The third-order valence-corrected chi connectivity index (χ3v) is 6.99. The molecule has 1 fully saturated rings. The number of pyridine rings is 1. The molecule has 5 rings (SSSR count). The van der Waals surface area contributed by atoms with Gasteiger partial charge in [0.15, 0.2) is 5.13 Å². The number of furan rings is 1. The number of rotatable bonds is 7. The van der Waals surface area contributed by atoms with E-state index in [1.54, 1.807) is 23.8 Å². The van der Waals surface area contributed by atoms with Gasteiger partial charge in [-0.1, -0.05) is 23.5 Å². The van der Waals surface area contributed by atoms with Crippen LogP contribution in [-0.2, 0) is 11.3 Å². The molecule has 0 saturated carbocycles. The Balaban J connectivity index is 1.47. The molecule has 0 spiro atoms. The van der Waals surface area contributed by atoms with Crippen LogP contribution in [0.5, 0.6) is 0 Å². The molecule has 1 atom stereocenters. The summed E-state index contributed by atoms with van der Waals surface area (Å²) in [5, 5.41) is 6.80. The molecule has 0 bridgehead atoms. The lowest BCUT2D eigenvalue weighted by Crippen LogP contribution is -2.30. The monoisotopic (exact) mass is 478 g/mol. The second-order valence-electron chi connectivity index (χ2n) is 8.43. The highest BCUT2D eigenvalue weighted by Gasteiger charge is 2.22. The molecule has 4 heterocycles. The summed E-state index contributed by atoms with van der Waals surface area (Å²) in [5.74, 6) is 0.662. The Bertz CT molecular complexity index is 1320. The number of carbonyl (C=O) groups excluding carboxylic acids is 1. The highest BCUT2D eigenvalue weighted by atomic mass is 32.1. The molecule has 1 amide bonds. The molecule has 2 N–H and O–H groups in total. The fraction of sp³-hybridized carbons (Fsp3) is 0.320. The summed E-state index contributed by atoms with van der Waals surface area (Å²) in [7, 11) is 0. The maximum Gasteiger partial charge on any atom is 0.261 e. The predicted molar refractivity (Wildman–Crippen MR) is 133 cm³/mol. The van der Waals surface area contributed by atoms with Crippen molar-refractivity contribution >= 4 is 38.3 Å². The molecule has 1 aromatic carbocycles. The summed E-state index contributed by atoms with van der Waals surface area (Å²) >= 11 is 1.42. The Labute approximate surface area is 200 Å². The average Bonchev–Trinajstić information content (AvgIpc) is 3.50. The number of aromatic nitrogens is 2. The molecule has 1 unspecified atom stereocenters. The van der Waals surface area contributed by atoms with Crippen molar-refractivity contribution in [3.8, 4) is 0 Å². The lowest BCUT2D eigenvalue weighted by atomic mass is 10.0. The van der Waals surface area contributed by atoms with Gasteiger partial charge in [0.1, 0.15) is 5.76 Å². The number of hydrogen-bond acceptors (Lipinski definition) is 7. The van der Waals surface area contributed by atoms with Gasteiger partial charge in [-0.2, -0.15) is 0 Å². The largest absolute Gasteiger partial charge is 0.467 e. The van der Waals surface area contributed by atoms with E-state index < -0.39 is 0 Å². The van der Waals surface area contributed by atoms with Crippen molar-refractivity contribution in [3.63, 3.8) is 0 Å². The van der Waals surface area contributed by atoms with E-state index in [1.165, 1.54) is 17.4 Å². The smallest absolute Gasteiger partial charge is 0.261 e. The van der Waals surface area contributed by atoms with Gasteiger partial charge in [-0.15, -0.1) is 0 Å². The SMILES string of the molecule is Cc1c(C(=O)Nc2nc3ccccc3s2)c(NCC2CCCOC2)cc(=O)n1Cc1ccco1. The first-order chi connectivity index (χ1) is 16.6. The zero-order chi connectivity index (χ0) is 23.5. The van der Waals surface area contributed by atoms with Crippen LogP contribution in [-0.4, -0.2) is 35.2 Å². The summed E-state index contributed by atoms with van der Waals surface area (Å²) in [6.07, 6.45) is 3.63. The van der Waals surface area contributed by atoms with Crippen molar-refractivity contribution in [2.24, 2.45) is 5.92 Å². The number of anilines is 2. The van der Waals surface area contributed by atoms with Gasteiger partial charge in [0.05, 0.1) is 40.9 Å². The summed E-state index contributed by atoms with van der Waals surface area (Å²) in [5.41, 5.74) is 2.13. The molecule has 3 aromatic heterocycles. The minimum Gasteiger partial charge on any atom is -0.467 e. The van der Waals surface area contributed by atoms with Gasteiger partial charge in [0.2, 0.25) is 0 Å². The van der Waals surface area contributed by atoms with Crippen LogP contribution in [0.3, 0.4) is 0 Å². The van der Waals surface area contributed by atoms with Crippen molar-refractivity contribution in [1.29, 1.82) is 0 Å². The molecule has 1 aliphatic heterocycles. The highest BCUT2D eigenvalue weighted by molar-refractivity contribution is 7.22. The average molecular weight is 479 g/mol. The predicted octanol–water partition coefficient (Wildman–Crippen LogP) is 4.50. The third-order valence-electron chi connectivity index (χ3n) is 6.04.